The number of nitrogens with one attached hydrogen (secondary N) is 2. The van der Waals surface area contributed by atoms with Crippen LogP contribution in [0.4, 0.5) is 9.93 Å². The molecule has 1 saturated carbocycles. The minimum absolute atomic E-state index is 0.265. The van der Waals surface area contributed by atoms with Gasteiger partial charge in [-0.2, -0.15) is 0 Å². The molecule has 0 bridgehead atoms. The molecule has 1 aromatic heterocycles. The third-order valence-corrected chi connectivity index (χ3v) is 4.62. The number of aromatic nitrogens is 1. The average Bonchev–Trinajstić information content (AvgIpc) is 3.20. The van der Waals surface area contributed by atoms with E-state index in [2.05, 4.69) is 15.6 Å². The van der Waals surface area contributed by atoms with Crippen LogP contribution in [-0.2, 0) is 9.53 Å². The summed E-state index contributed by atoms with van der Waals surface area (Å²) in [6.07, 6.45) is 2.83. The summed E-state index contributed by atoms with van der Waals surface area (Å²) in [4.78, 5) is 27.8. The highest BCUT2D eigenvalue weighted by atomic mass is 32.1. The van der Waals surface area contributed by atoms with E-state index >= 15 is 0 Å². The van der Waals surface area contributed by atoms with E-state index in [1.807, 2.05) is 5.38 Å². The van der Waals surface area contributed by atoms with Gasteiger partial charge in [-0.3, -0.25) is 5.32 Å². The van der Waals surface area contributed by atoms with Crippen LogP contribution in [0.2, 0.25) is 0 Å². The fraction of sp³-hybridized carbons (Fsp3) is 0.615. The average molecular weight is 311 g/mol. The first-order chi connectivity index (χ1) is 10.1. The van der Waals surface area contributed by atoms with E-state index in [1.54, 1.807) is 0 Å². The number of ether oxygens (including phenoxy) is 1. The fourth-order valence-electron chi connectivity index (χ4n) is 2.37. The minimum atomic E-state index is -1.25. The number of nitrogens with zero attached hydrogens (tertiary/aromatic N) is 1. The normalized spacial score (nSPS) is 20.8. The number of aliphatic carboxylic acids is 1. The molecule has 0 aromatic carbocycles. The van der Waals surface area contributed by atoms with Gasteiger partial charge in [0.05, 0.1) is 5.69 Å². The highest BCUT2D eigenvalue weighted by molar-refractivity contribution is 7.13. The van der Waals surface area contributed by atoms with Crippen molar-refractivity contribution in [3.05, 3.63) is 11.1 Å². The fourth-order valence-corrected chi connectivity index (χ4v) is 3.16. The van der Waals surface area contributed by atoms with Crippen molar-refractivity contribution < 1.29 is 19.4 Å². The SMILES string of the molecule is O=C(Nc1nc(C2CC2)cs1)NC1(C(=O)O)CCOCC1. The van der Waals surface area contributed by atoms with Crippen LogP contribution >= 0.6 is 11.3 Å². The van der Waals surface area contributed by atoms with Gasteiger partial charge in [0.2, 0.25) is 0 Å². The molecule has 3 N–H and O–H groups in total. The minimum Gasteiger partial charge on any atom is -0.480 e. The summed E-state index contributed by atoms with van der Waals surface area (Å²) in [5.41, 5.74) is -0.242. The monoisotopic (exact) mass is 311 g/mol. The highest BCUT2D eigenvalue weighted by Gasteiger charge is 2.41. The second-order valence-corrected chi connectivity index (χ2v) is 6.29. The molecule has 1 aliphatic carbocycles. The van der Waals surface area contributed by atoms with Gasteiger partial charge in [-0.05, 0) is 12.8 Å². The quantitative estimate of drug-likeness (QED) is 0.787. The number of urea groups is 1. The highest BCUT2D eigenvalue weighted by Crippen LogP contribution is 2.40. The van der Waals surface area contributed by atoms with Crippen molar-refractivity contribution >= 4 is 28.5 Å². The molecule has 2 amide bonds. The summed E-state index contributed by atoms with van der Waals surface area (Å²) in [5, 5.41) is 17.0. The number of hydrogen-bond acceptors (Lipinski definition) is 5. The lowest BCUT2D eigenvalue weighted by atomic mass is 9.90. The first-order valence-electron chi connectivity index (χ1n) is 6.95. The molecule has 1 aliphatic heterocycles. The molecule has 21 heavy (non-hydrogen) atoms. The summed E-state index contributed by atoms with van der Waals surface area (Å²) in [6.45, 7) is 0.658. The van der Waals surface area contributed by atoms with Crippen LogP contribution in [0, 0.1) is 0 Å². The maximum Gasteiger partial charge on any atom is 0.329 e. The Morgan fingerprint density at radius 2 is 2.10 bits per heavy atom. The summed E-state index contributed by atoms with van der Waals surface area (Å²) >= 11 is 1.36. The number of carbonyl (C=O) groups excluding carboxylic acids is 1. The molecule has 0 spiro atoms. The van der Waals surface area contributed by atoms with Crippen molar-refractivity contribution in [3.8, 4) is 0 Å². The Kier molecular flexibility index (Phi) is 3.81. The molecule has 3 rings (SSSR count). The van der Waals surface area contributed by atoms with Crippen LogP contribution in [0.1, 0.15) is 37.3 Å². The van der Waals surface area contributed by atoms with Gasteiger partial charge in [0.15, 0.2) is 5.13 Å². The number of amides is 2. The molecule has 2 fully saturated rings. The first-order valence-corrected chi connectivity index (χ1v) is 7.83. The van der Waals surface area contributed by atoms with Crippen LogP contribution in [0.3, 0.4) is 0 Å². The molecule has 1 saturated heterocycles. The number of anilines is 1. The van der Waals surface area contributed by atoms with Gasteiger partial charge < -0.3 is 15.2 Å². The molecule has 0 unspecified atom stereocenters. The molecular formula is C13H17N3O4S. The number of carboxylic acids is 1. The number of carboxylic acid groups (broad SMARTS) is 1. The number of thiazole rings is 1. The lowest BCUT2D eigenvalue weighted by Crippen LogP contribution is -2.58. The van der Waals surface area contributed by atoms with Gasteiger partial charge in [0, 0.05) is 37.4 Å². The van der Waals surface area contributed by atoms with Crippen LogP contribution in [0.25, 0.3) is 0 Å². The topological polar surface area (TPSA) is 101 Å². The van der Waals surface area contributed by atoms with E-state index in [4.69, 9.17) is 4.74 Å². The standard InChI is InChI=1S/C13H17N3O4S/c17-10(18)13(3-5-20-6-4-13)16-11(19)15-12-14-9(7-21-12)8-1-2-8/h7-8H,1-6H2,(H,17,18)(H2,14,15,16,19). The Morgan fingerprint density at radius 1 is 1.38 bits per heavy atom. The number of carbonyl (C=O) groups is 2. The van der Waals surface area contributed by atoms with Gasteiger partial charge in [-0.1, -0.05) is 0 Å². The molecule has 7 nitrogen and oxygen atoms in total. The smallest absolute Gasteiger partial charge is 0.329 e. The summed E-state index contributed by atoms with van der Waals surface area (Å²) < 4.78 is 5.17. The lowest BCUT2D eigenvalue weighted by Gasteiger charge is -2.33. The van der Waals surface area contributed by atoms with E-state index in [-0.39, 0.29) is 12.8 Å². The van der Waals surface area contributed by atoms with E-state index in [0.717, 1.165) is 18.5 Å². The van der Waals surface area contributed by atoms with Crippen LogP contribution in [0.15, 0.2) is 5.38 Å². The van der Waals surface area contributed by atoms with Crippen LogP contribution in [-0.4, -0.2) is 40.8 Å². The molecule has 2 heterocycles. The van der Waals surface area contributed by atoms with E-state index < -0.39 is 17.5 Å². The Labute approximate surface area is 125 Å². The van der Waals surface area contributed by atoms with Gasteiger partial charge >= 0.3 is 12.0 Å². The van der Waals surface area contributed by atoms with Gasteiger partial charge in [-0.15, -0.1) is 11.3 Å². The number of rotatable bonds is 4. The molecule has 1 aromatic rings. The van der Waals surface area contributed by atoms with Crippen molar-refractivity contribution in [2.24, 2.45) is 0 Å². The van der Waals surface area contributed by atoms with Crippen molar-refractivity contribution in [2.45, 2.75) is 37.1 Å². The molecule has 0 radical (unpaired) electrons. The van der Waals surface area contributed by atoms with E-state index in [9.17, 15) is 14.7 Å². The van der Waals surface area contributed by atoms with E-state index in [0.29, 0.717) is 24.3 Å². The van der Waals surface area contributed by atoms with Crippen molar-refractivity contribution in [1.82, 2.24) is 10.3 Å². The number of hydrogen-bond donors (Lipinski definition) is 3. The Balaban J connectivity index is 1.62. The molecular weight excluding hydrogens is 294 g/mol. The van der Waals surface area contributed by atoms with Crippen molar-refractivity contribution in [2.75, 3.05) is 18.5 Å². The predicted octanol–water partition coefficient (Wildman–Crippen LogP) is 1.78. The first kappa shape index (κ1) is 14.3. The zero-order valence-electron chi connectivity index (χ0n) is 11.4. The van der Waals surface area contributed by atoms with Gasteiger partial charge in [-0.25, -0.2) is 14.6 Å². The van der Waals surface area contributed by atoms with Crippen LogP contribution < -0.4 is 10.6 Å². The summed E-state index contributed by atoms with van der Waals surface area (Å²) in [7, 11) is 0. The van der Waals surface area contributed by atoms with Gasteiger partial charge in [0.1, 0.15) is 5.54 Å². The molecule has 2 aliphatic rings. The van der Waals surface area contributed by atoms with Crippen molar-refractivity contribution in [3.63, 3.8) is 0 Å². The zero-order chi connectivity index (χ0) is 14.9. The van der Waals surface area contributed by atoms with Crippen molar-refractivity contribution in [1.29, 1.82) is 0 Å². The van der Waals surface area contributed by atoms with Gasteiger partial charge in [0.25, 0.3) is 0 Å². The molecule has 0 atom stereocenters. The molecule has 8 heteroatoms. The maximum atomic E-state index is 12.0. The third kappa shape index (κ3) is 3.16. The maximum absolute atomic E-state index is 12.0. The lowest BCUT2D eigenvalue weighted by molar-refractivity contribution is -0.148. The third-order valence-electron chi connectivity index (χ3n) is 3.85. The van der Waals surface area contributed by atoms with Crippen LogP contribution in [0.5, 0.6) is 0 Å². The van der Waals surface area contributed by atoms with E-state index in [1.165, 1.54) is 11.3 Å². The Morgan fingerprint density at radius 3 is 2.71 bits per heavy atom. The second-order valence-electron chi connectivity index (χ2n) is 5.43. The largest absolute Gasteiger partial charge is 0.480 e. The Bertz CT molecular complexity index is 549. The second kappa shape index (κ2) is 5.61. The summed E-state index contributed by atoms with van der Waals surface area (Å²) in [5.74, 6) is -0.500. The zero-order valence-corrected chi connectivity index (χ0v) is 12.2. The molecule has 114 valence electrons. The predicted molar refractivity (Wildman–Crippen MR) is 76.7 cm³/mol. The summed E-state index contributed by atoms with van der Waals surface area (Å²) in [6, 6.07) is -0.531. The Hall–Kier alpha value is -1.67.